The van der Waals surface area contributed by atoms with Gasteiger partial charge in [0.05, 0.1) is 27.8 Å². The monoisotopic (exact) mass is 599 g/mol. The van der Waals surface area contributed by atoms with Crippen molar-refractivity contribution < 1.29 is 19.4 Å². The summed E-state index contributed by atoms with van der Waals surface area (Å²) < 4.78 is 13.6. The normalized spacial score (nSPS) is 12.3. The number of ether oxygens (including phenoxy) is 2. The van der Waals surface area contributed by atoms with Crippen LogP contribution in [0, 0.1) is 3.57 Å². The van der Waals surface area contributed by atoms with Crippen LogP contribution in [0.25, 0.3) is 10.9 Å². The van der Waals surface area contributed by atoms with Gasteiger partial charge in [0.15, 0.2) is 17.6 Å². The molecule has 0 bridgehead atoms. The predicted molar refractivity (Wildman–Crippen MR) is 130 cm³/mol. The Morgan fingerprint density at radius 2 is 2.13 bits per heavy atom. The van der Waals surface area contributed by atoms with E-state index in [9.17, 15) is 9.59 Å². The Morgan fingerprint density at radius 3 is 2.77 bits per heavy atom. The second-order valence-corrected chi connectivity index (χ2v) is 8.61. The number of aryl methyl sites for hydroxylation is 1. The lowest BCUT2D eigenvalue weighted by molar-refractivity contribution is -0.144. The molecule has 31 heavy (non-hydrogen) atoms. The van der Waals surface area contributed by atoms with Gasteiger partial charge in [0, 0.05) is 10.9 Å². The fraction of sp³-hybridized carbons (Fsp3) is 0.238. The summed E-state index contributed by atoms with van der Waals surface area (Å²) in [6.45, 7) is 3.34. The van der Waals surface area contributed by atoms with E-state index < -0.39 is 12.1 Å². The van der Waals surface area contributed by atoms with Crippen LogP contribution in [-0.4, -0.2) is 40.2 Å². The first kappa shape index (κ1) is 23.2. The molecule has 0 radical (unpaired) electrons. The molecule has 8 nitrogen and oxygen atoms in total. The number of methoxy groups -OCH3 is 1. The van der Waals surface area contributed by atoms with E-state index >= 15 is 0 Å². The second kappa shape index (κ2) is 9.77. The molecular formula is C21H19BrIN3O5. The molecule has 0 unspecified atom stereocenters. The van der Waals surface area contributed by atoms with Gasteiger partial charge >= 0.3 is 5.97 Å². The lowest BCUT2D eigenvalue weighted by Crippen LogP contribution is -2.23. The average Bonchev–Trinajstić information content (AvgIpc) is 2.74. The Morgan fingerprint density at radius 1 is 1.39 bits per heavy atom. The van der Waals surface area contributed by atoms with Gasteiger partial charge in [-0.05, 0) is 65.4 Å². The molecule has 162 valence electrons. The van der Waals surface area contributed by atoms with Crippen LogP contribution in [0.15, 0.2) is 44.7 Å². The molecule has 0 saturated carbocycles. The SMILES string of the molecule is CCc1nc2ccc(Br)cc2c(=O)n1N=Cc1cc(I)c(O[C@H](C)C(=O)O)c(OC)c1. The Balaban J connectivity index is 2.04. The van der Waals surface area contributed by atoms with Crippen LogP contribution in [0.4, 0.5) is 0 Å². The second-order valence-electron chi connectivity index (χ2n) is 6.54. The lowest BCUT2D eigenvalue weighted by atomic mass is 10.2. The minimum absolute atomic E-state index is 0.267. The number of carbonyl (C=O) groups is 1. The van der Waals surface area contributed by atoms with Crippen LogP contribution in [0.5, 0.6) is 11.5 Å². The summed E-state index contributed by atoms with van der Waals surface area (Å²) >= 11 is 5.42. The van der Waals surface area contributed by atoms with E-state index in [2.05, 4.69) is 26.0 Å². The van der Waals surface area contributed by atoms with Crippen molar-refractivity contribution in [2.75, 3.05) is 7.11 Å². The fourth-order valence-corrected chi connectivity index (χ4v) is 3.94. The van der Waals surface area contributed by atoms with E-state index in [1.54, 1.807) is 24.3 Å². The van der Waals surface area contributed by atoms with Gasteiger partial charge in [-0.3, -0.25) is 4.79 Å². The van der Waals surface area contributed by atoms with Crippen molar-refractivity contribution in [3.05, 3.63) is 60.1 Å². The van der Waals surface area contributed by atoms with Gasteiger partial charge in [0.2, 0.25) is 0 Å². The molecule has 0 aliphatic carbocycles. The predicted octanol–water partition coefficient (Wildman–Crippen LogP) is 4.07. The van der Waals surface area contributed by atoms with E-state index in [0.29, 0.717) is 43.8 Å². The molecular weight excluding hydrogens is 581 g/mol. The third-order valence-corrected chi connectivity index (χ3v) is 5.70. The number of aliphatic carboxylic acids is 1. The highest BCUT2D eigenvalue weighted by Crippen LogP contribution is 2.34. The van der Waals surface area contributed by atoms with Crippen LogP contribution >= 0.6 is 38.5 Å². The van der Waals surface area contributed by atoms with Crippen molar-refractivity contribution in [1.29, 1.82) is 0 Å². The molecule has 10 heteroatoms. The Hall–Kier alpha value is -2.47. The molecule has 1 N–H and O–H groups in total. The number of aromatic nitrogens is 2. The summed E-state index contributed by atoms with van der Waals surface area (Å²) in [5.41, 5.74) is 0.998. The molecule has 0 spiro atoms. The largest absolute Gasteiger partial charge is 0.493 e. The number of hydrogen-bond donors (Lipinski definition) is 1. The first-order chi connectivity index (χ1) is 14.7. The van der Waals surface area contributed by atoms with E-state index in [0.717, 1.165) is 4.47 Å². The molecule has 2 aromatic carbocycles. The molecule has 0 aliphatic heterocycles. The zero-order valence-corrected chi connectivity index (χ0v) is 20.7. The average molecular weight is 600 g/mol. The van der Waals surface area contributed by atoms with Gasteiger partial charge in [-0.25, -0.2) is 9.78 Å². The summed E-state index contributed by atoms with van der Waals surface area (Å²) in [4.78, 5) is 28.7. The number of fused-ring (bicyclic) bond motifs is 1. The number of nitrogens with zero attached hydrogens (tertiary/aromatic N) is 3. The molecule has 1 aromatic heterocycles. The lowest BCUT2D eigenvalue weighted by Gasteiger charge is -2.16. The first-order valence-corrected chi connectivity index (χ1v) is 11.1. The van der Waals surface area contributed by atoms with Gasteiger partial charge in [-0.2, -0.15) is 9.78 Å². The van der Waals surface area contributed by atoms with Crippen molar-refractivity contribution in [2.45, 2.75) is 26.4 Å². The first-order valence-electron chi connectivity index (χ1n) is 9.27. The standard InChI is InChI=1S/C21H19BrIN3O5/c1-4-18-25-16-6-5-13(22)9-14(16)20(27)26(18)24-10-12-7-15(23)19(17(8-12)30-3)31-11(2)21(28)29/h5-11H,4H2,1-3H3,(H,28,29)/t11-/m1/s1. The van der Waals surface area contributed by atoms with Crippen LogP contribution in [0.1, 0.15) is 25.2 Å². The Bertz CT molecular complexity index is 1240. The van der Waals surface area contributed by atoms with E-state index in [1.165, 1.54) is 24.9 Å². The zero-order valence-electron chi connectivity index (χ0n) is 16.9. The van der Waals surface area contributed by atoms with Crippen LogP contribution in [-0.2, 0) is 11.2 Å². The highest BCUT2D eigenvalue weighted by atomic mass is 127. The summed E-state index contributed by atoms with van der Waals surface area (Å²) in [6, 6.07) is 8.77. The highest BCUT2D eigenvalue weighted by Gasteiger charge is 2.19. The van der Waals surface area contributed by atoms with E-state index in [-0.39, 0.29) is 5.56 Å². The topological polar surface area (TPSA) is 103 Å². The minimum Gasteiger partial charge on any atom is -0.493 e. The van der Waals surface area contributed by atoms with Gasteiger partial charge in [-0.15, -0.1) is 0 Å². The molecule has 0 aliphatic rings. The van der Waals surface area contributed by atoms with Gasteiger partial charge in [-0.1, -0.05) is 22.9 Å². The third-order valence-electron chi connectivity index (χ3n) is 4.41. The number of benzene rings is 2. The summed E-state index contributed by atoms with van der Waals surface area (Å²) in [7, 11) is 1.47. The maximum absolute atomic E-state index is 13.0. The molecule has 3 aromatic rings. The molecule has 3 rings (SSSR count). The molecule has 0 fully saturated rings. The number of carboxylic acid groups (broad SMARTS) is 1. The Labute approximate surface area is 200 Å². The van der Waals surface area contributed by atoms with Crippen molar-refractivity contribution in [3.63, 3.8) is 0 Å². The number of hydrogen-bond acceptors (Lipinski definition) is 6. The van der Waals surface area contributed by atoms with Gasteiger partial charge in [0.25, 0.3) is 5.56 Å². The fourth-order valence-electron chi connectivity index (χ4n) is 2.82. The van der Waals surface area contributed by atoms with Crippen molar-refractivity contribution in [1.82, 2.24) is 9.66 Å². The quantitative estimate of drug-likeness (QED) is 0.324. The van der Waals surface area contributed by atoms with Crippen LogP contribution in [0.2, 0.25) is 0 Å². The summed E-state index contributed by atoms with van der Waals surface area (Å²) in [5.74, 6) is 0.155. The van der Waals surface area contributed by atoms with Crippen LogP contribution in [0.3, 0.4) is 0 Å². The molecule has 1 heterocycles. The maximum atomic E-state index is 13.0. The van der Waals surface area contributed by atoms with Crippen molar-refractivity contribution >= 4 is 61.6 Å². The highest BCUT2D eigenvalue weighted by molar-refractivity contribution is 14.1. The summed E-state index contributed by atoms with van der Waals surface area (Å²) in [5, 5.41) is 13.9. The number of carboxylic acids is 1. The smallest absolute Gasteiger partial charge is 0.344 e. The Kier molecular flexibility index (Phi) is 7.31. The maximum Gasteiger partial charge on any atom is 0.344 e. The summed E-state index contributed by atoms with van der Waals surface area (Å²) in [6.07, 6.45) is 1.02. The molecule has 0 saturated heterocycles. The molecule has 0 amide bonds. The van der Waals surface area contributed by atoms with Crippen LogP contribution < -0.4 is 15.0 Å². The zero-order chi connectivity index (χ0) is 22.7. The van der Waals surface area contributed by atoms with E-state index in [1.807, 2.05) is 35.6 Å². The number of halogens is 2. The third kappa shape index (κ3) is 5.06. The van der Waals surface area contributed by atoms with Gasteiger partial charge < -0.3 is 14.6 Å². The van der Waals surface area contributed by atoms with Crippen molar-refractivity contribution in [3.8, 4) is 11.5 Å². The van der Waals surface area contributed by atoms with Gasteiger partial charge in [0.1, 0.15) is 5.82 Å². The molecule has 1 atom stereocenters. The van der Waals surface area contributed by atoms with E-state index in [4.69, 9.17) is 14.6 Å². The number of rotatable bonds is 7. The van der Waals surface area contributed by atoms with Crippen molar-refractivity contribution in [2.24, 2.45) is 5.10 Å². The minimum atomic E-state index is -1.08.